The molecule has 2 aromatic carbocycles. The summed E-state index contributed by atoms with van der Waals surface area (Å²) in [5.74, 6) is 2.51. The molecular formula is C34H47FN2O2. The summed E-state index contributed by atoms with van der Waals surface area (Å²) in [4.78, 5) is 9.10. The van der Waals surface area contributed by atoms with Crippen LogP contribution in [0.15, 0.2) is 60.9 Å². The highest BCUT2D eigenvalue weighted by Gasteiger charge is 2.10. The molecule has 1 unspecified atom stereocenters. The SMILES string of the molecule is CCCCCCCCCCCCOc1ccc(-c2cnc(-c3ccc(OCC(F)CC(C)C)cc3)nc2)cc1. The average Bonchev–Trinajstić information content (AvgIpc) is 2.95. The van der Waals surface area contributed by atoms with E-state index in [9.17, 15) is 4.39 Å². The lowest BCUT2D eigenvalue weighted by Crippen LogP contribution is -2.15. The van der Waals surface area contributed by atoms with Gasteiger partial charge < -0.3 is 9.47 Å². The van der Waals surface area contributed by atoms with Gasteiger partial charge in [-0.1, -0.05) is 90.7 Å². The first kappa shape index (κ1) is 30.6. The van der Waals surface area contributed by atoms with Gasteiger partial charge in [0, 0.05) is 23.5 Å². The van der Waals surface area contributed by atoms with Gasteiger partial charge in [0.2, 0.25) is 0 Å². The Hall–Kier alpha value is -2.95. The smallest absolute Gasteiger partial charge is 0.159 e. The Bertz CT molecular complexity index is 1040. The van der Waals surface area contributed by atoms with E-state index in [0.29, 0.717) is 23.9 Å². The number of rotatable bonds is 19. The molecule has 212 valence electrons. The molecule has 4 nitrogen and oxygen atoms in total. The minimum absolute atomic E-state index is 0.0753. The monoisotopic (exact) mass is 534 g/mol. The van der Waals surface area contributed by atoms with Crippen molar-refractivity contribution < 1.29 is 13.9 Å². The number of benzene rings is 2. The van der Waals surface area contributed by atoms with E-state index in [1.165, 1.54) is 57.8 Å². The molecule has 0 bridgehead atoms. The number of ether oxygens (including phenoxy) is 2. The van der Waals surface area contributed by atoms with Crippen LogP contribution in [0.1, 0.15) is 91.4 Å². The largest absolute Gasteiger partial charge is 0.494 e. The van der Waals surface area contributed by atoms with Crippen LogP contribution in [0, 0.1) is 5.92 Å². The fourth-order valence-electron chi connectivity index (χ4n) is 4.62. The summed E-state index contributed by atoms with van der Waals surface area (Å²) in [6.45, 7) is 7.13. The number of hydrogen-bond acceptors (Lipinski definition) is 4. The maximum atomic E-state index is 13.9. The van der Waals surface area contributed by atoms with Gasteiger partial charge in [-0.05, 0) is 60.7 Å². The van der Waals surface area contributed by atoms with E-state index in [2.05, 4.69) is 29.0 Å². The van der Waals surface area contributed by atoms with E-state index < -0.39 is 6.17 Å². The van der Waals surface area contributed by atoms with Crippen LogP contribution >= 0.6 is 0 Å². The Balaban J connectivity index is 1.37. The van der Waals surface area contributed by atoms with Crippen LogP contribution in [-0.2, 0) is 0 Å². The van der Waals surface area contributed by atoms with Crippen molar-refractivity contribution in [2.45, 2.75) is 97.6 Å². The normalized spacial score (nSPS) is 12.0. The summed E-state index contributed by atoms with van der Waals surface area (Å²) in [7, 11) is 0. The molecule has 0 radical (unpaired) electrons. The zero-order valence-corrected chi connectivity index (χ0v) is 24.2. The highest BCUT2D eigenvalue weighted by atomic mass is 19.1. The van der Waals surface area contributed by atoms with E-state index in [1.54, 1.807) is 0 Å². The molecule has 0 saturated heterocycles. The van der Waals surface area contributed by atoms with Crippen LogP contribution in [0.2, 0.25) is 0 Å². The molecule has 0 N–H and O–H groups in total. The number of unbranched alkanes of at least 4 members (excludes halogenated alkanes) is 9. The average molecular weight is 535 g/mol. The van der Waals surface area contributed by atoms with Crippen LogP contribution in [-0.4, -0.2) is 29.4 Å². The predicted molar refractivity (Wildman–Crippen MR) is 160 cm³/mol. The Morgan fingerprint density at radius 2 is 1.15 bits per heavy atom. The summed E-state index contributed by atoms with van der Waals surface area (Å²) >= 11 is 0. The van der Waals surface area contributed by atoms with Gasteiger partial charge >= 0.3 is 0 Å². The molecule has 1 aromatic heterocycles. The minimum Gasteiger partial charge on any atom is -0.494 e. The van der Waals surface area contributed by atoms with Crippen molar-refractivity contribution >= 4 is 0 Å². The third-order valence-corrected chi connectivity index (χ3v) is 6.88. The maximum absolute atomic E-state index is 13.9. The summed E-state index contributed by atoms with van der Waals surface area (Å²) < 4.78 is 25.4. The second-order valence-corrected chi connectivity index (χ2v) is 10.9. The van der Waals surface area contributed by atoms with Gasteiger partial charge in [0.05, 0.1) is 6.61 Å². The van der Waals surface area contributed by atoms with E-state index in [0.717, 1.165) is 35.5 Å². The molecule has 1 heterocycles. The fourth-order valence-corrected chi connectivity index (χ4v) is 4.62. The molecule has 0 aliphatic heterocycles. The molecule has 0 saturated carbocycles. The Labute approximate surface area is 235 Å². The Morgan fingerprint density at radius 1 is 0.641 bits per heavy atom. The highest BCUT2D eigenvalue weighted by molar-refractivity contribution is 5.64. The standard InChI is InChI=1S/C34H47FN2O2/c1-4-5-6-7-8-9-10-11-12-13-22-38-32-18-14-28(15-19-32)30-24-36-34(37-25-30)29-16-20-33(21-17-29)39-26-31(35)23-27(2)3/h14-21,24-25,27,31H,4-13,22-23,26H2,1-3H3. The minimum atomic E-state index is -0.953. The molecule has 0 aliphatic carbocycles. The number of nitrogens with zero attached hydrogens (tertiary/aromatic N) is 2. The highest BCUT2D eigenvalue weighted by Crippen LogP contribution is 2.24. The van der Waals surface area contributed by atoms with Crippen LogP contribution in [0.3, 0.4) is 0 Å². The summed E-state index contributed by atoms with van der Waals surface area (Å²) in [5, 5.41) is 0. The van der Waals surface area contributed by atoms with Gasteiger partial charge in [0.15, 0.2) is 5.82 Å². The fraction of sp³-hybridized carbons (Fsp3) is 0.529. The Morgan fingerprint density at radius 3 is 1.72 bits per heavy atom. The molecule has 0 fully saturated rings. The maximum Gasteiger partial charge on any atom is 0.159 e. The zero-order valence-electron chi connectivity index (χ0n) is 24.2. The van der Waals surface area contributed by atoms with Gasteiger partial charge in [-0.3, -0.25) is 0 Å². The van der Waals surface area contributed by atoms with Crippen LogP contribution < -0.4 is 9.47 Å². The van der Waals surface area contributed by atoms with Crippen molar-refractivity contribution in [1.29, 1.82) is 0 Å². The van der Waals surface area contributed by atoms with Gasteiger partial charge in [-0.25, -0.2) is 14.4 Å². The second-order valence-electron chi connectivity index (χ2n) is 10.9. The second kappa shape index (κ2) is 17.6. The van der Waals surface area contributed by atoms with Crippen molar-refractivity contribution in [3.8, 4) is 34.0 Å². The molecule has 0 aliphatic rings. The number of alkyl halides is 1. The number of aromatic nitrogens is 2. The van der Waals surface area contributed by atoms with Crippen molar-refractivity contribution in [3.63, 3.8) is 0 Å². The van der Waals surface area contributed by atoms with Crippen molar-refractivity contribution in [2.75, 3.05) is 13.2 Å². The first-order chi connectivity index (χ1) is 19.0. The topological polar surface area (TPSA) is 44.2 Å². The Kier molecular flexibility index (Phi) is 13.8. The van der Waals surface area contributed by atoms with Gasteiger partial charge in [-0.2, -0.15) is 0 Å². The molecule has 39 heavy (non-hydrogen) atoms. The first-order valence-corrected chi connectivity index (χ1v) is 15.0. The third kappa shape index (κ3) is 11.8. The van der Waals surface area contributed by atoms with E-state index in [1.807, 2.05) is 62.6 Å². The predicted octanol–water partition coefficient (Wildman–Crippen LogP) is 9.87. The van der Waals surface area contributed by atoms with Gasteiger partial charge in [-0.15, -0.1) is 0 Å². The van der Waals surface area contributed by atoms with Crippen LogP contribution in [0.25, 0.3) is 22.5 Å². The van der Waals surface area contributed by atoms with Crippen LogP contribution in [0.5, 0.6) is 11.5 Å². The van der Waals surface area contributed by atoms with E-state index in [-0.39, 0.29) is 6.61 Å². The third-order valence-electron chi connectivity index (χ3n) is 6.88. The molecule has 0 spiro atoms. The molecule has 5 heteroatoms. The summed E-state index contributed by atoms with van der Waals surface area (Å²) in [5.41, 5.74) is 2.90. The number of halogens is 1. The van der Waals surface area contributed by atoms with Crippen LogP contribution in [0.4, 0.5) is 4.39 Å². The first-order valence-electron chi connectivity index (χ1n) is 15.0. The number of hydrogen-bond donors (Lipinski definition) is 0. The van der Waals surface area contributed by atoms with Crippen molar-refractivity contribution in [1.82, 2.24) is 9.97 Å². The molecule has 1 atom stereocenters. The molecule has 0 amide bonds. The molecule has 3 rings (SSSR count). The van der Waals surface area contributed by atoms with E-state index in [4.69, 9.17) is 9.47 Å². The summed E-state index contributed by atoms with van der Waals surface area (Å²) in [6, 6.07) is 15.6. The van der Waals surface area contributed by atoms with Crippen molar-refractivity contribution in [2.24, 2.45) is 5.92 Å². The summed E-state index contributed by atoms with van der Waals surface area (Å²) in [6.07, 6.45) is 16.5. The van der Waals surface area contributed by atoms with Crippen molar-refractivity contribution in [3.05, 3.63) is 60.9 Å². The van der Waals surface area contributed by atoms with E-state index >= 15 is 0 Å². The van der Waals surface area contributed by atoms with Gasteiger partial charge in [0.1, 0.15) is 24.3 Å². The lowest BCUT2D eigenvalue weighted by molar-refractivity contribution is 0.174. The molecular weight excluding hydrogens is 487 g/mol. The zero-order chi connectivity index (χ0) is 27.7. The van der Waals surface area contributed by atoms with Gasteiger partial charge in [0.25, 0.3) is 0 Å². The lowest BCUT2D eigenvalue weighted by atomic mass is 10.1. The quantitative estimate of drug-likeness (QED) is 0.144. The lowest BCUT2D eigenvalue weighted by Gasteiger charge is -2.12. The molecule has 3 aromatic rings.